The number of nitrogens with zero attached hydrogens (tertiary/aromatic N) is 3. The highest BCUT2D eigenvalue weighted by molar-refractivity contribution is 5.93. The maximum Gasteiger partial charge on any atom is 0.407 e. The lowest BCUT2D eigenvalue weighted by Crippen LogP contribution is -2.57. The van der Waals surface area contributed by atoms with E-state index in [-0.39, 0.29) is 5.91 Å². The maximum atomic E-state index is 13.5. The molecule has 0 aliphatic carbocycles. The number of para-hydroxylation sites is 1. The first-order chi connectivity index (χ1) is 13.1. The molecule has 140 valence electrons. The number of carbonyl (C=O) groups excluding carboxylic acids is 1. The molecule has 2 aromatic carbocycles. The Morgan fingerprint density at radius 1 is 0.963 bits per heavy atom. The summed E-state index contributed by atoms with van der Waals surface area (Å²) in [6, 6.07) is 19.9. The van der Waals surface area contributed by atoms with Gasteiger partial charge < -0.3 is 19.8 Å². The SMILES string of the molecule is O=C(O)N1CCC2(CC1)C(=O)N(Cc1ccccc1)CN2c1ccccc1. The Hall–Kier alpha value is -3.02. The van der Waals surface area contributed by atoms with Gasteiger partial charge in [0.1, 0.15) is 5.54 Å². The smallest absolute Gasteiger partial charge is 0.407 e. The Kier molecular flexibility index (Phi) is 4.48. The molecule has 0 saturated carbocycles. The van der Waals surface area contributed by atoms with Gasteiger partial charge in [0.25, 0.3) is 0 Å². The van der Waals surface area contributed by atoms with Crippen molar-refractivity contribution in [1.82, 2.24) is 9.80 Å². The van der Waals surface area contributed by atoms with Crippen LogP contribution >= 0.6 is 0 Å². The molecular weight excluding hydrogens is 342 g/mol. The summed E-state index contributed by atoms with van der Waals surface area (Å²) in [4.78, 5) is 30.2. The zero-order valence-corrected chi connectivity index (χ0v) is 15.1. The predicted octanol–water partition coefficient (Wildman–Crippen LogP) is 3.01. The van der Waals surface area contributed by atoms with Crippen LogP contribution in [0.2, 0.25) is 0 Å². The van der Waals surface area contributed by atoms with Crippen LogP contribution in [0, 0.1) is 0 Å². The third kappa shape index (κ3) is 3.12. The second kappa shape index (κ2) is 6.95. The van der Waals surface area contributed by atoms with E-state index in [4.69, 9.17) is 0 Å². The van der Waals surface area contributed by atoms with Gasteiger partial charge in [-0.05, 0) is 30.5 Å². The number of likely N-dealkylation sites (tertiary alicyclic amines) is 1. The zero-order valence-electron chi connectivity index (χ0n) is 15.1. The Morgan fingerprint density at radius 2 is 1.56 bits per heavy atom. The lowest BCUT2D eigenvalue weighted by Gasteiger charge is -2.42. The molecule has 2 aromatic rings. The van der Waals surface area contributed by atoms with E-state index < -0.39 is 11.6 Å². The van der Waals surface area contributed by atoms with Crippen LogP contribution in [0.3, 0.4) is 0 Å². The number of benzene rings is 2. The standard InChI is InChI=1S/C21H23N3O3/c25-19-21(11-13-22(14-12-21)20(26)27)24(18-9-5-2-6-10-18)16-23(19)15-17-7-3-1-4-8-17/h1-10H,11-16H2,(H,26,27). The van der Waals surface area contributed by atoms with Crippen LogP contribution in [-0.2, 0) is 11.3 Å². The van der Waals surface area contributed by atoms with Crippen molar-refractivity contribution >= 4 is 17.7 Å². The second-order valence-electron chi connectivity index (χ2n) is 7.19. The number of hydrogen-bond acceptors (Lipinski definition) is 3. The van der Waals surface area contributed by atoms with Crippen molar-refractivity contribution in [3.63, 3.8) is 0 Å². The summed E-state index contributed by atoms with van der Waals surface area (Å²) in [5, 5.41) is 9.28. The number of piperidine rings is 1. The quantitative estimate of drug-likeness (QED) is 0.908. The van der Waals surface area contributed by atoms with E-state index in [1.807, 2.05) is 65.6 Å². The molecule has 2 saturated heterocycles. The minimum atomic E-state index is -0.914. The van der Waals surface area contributed by atoms with Crippen molar-refractivity contribution in [3.8, 4) is 0 Å². The number of carboxylic acid groups (broad SMARTS) is 1. The number of rotatable bonds is 3. The van der Waals surface area contributed by atoms with E-state index in [2.05, 4.69) is 4.90 Å². The number of hydrogen-bond donors (Lipinski definition) is 1. The summed E-state index contributed by atoms with van der Waals surface area (Å²) in [5.41, 5.74) is 1.44. The fraction of sp³-hybridized carbons (Fsp3) is 0.333. The van der Waals surface area contributed by atoms with Crippen molar-refractivity contribution in [2.24, 2.45) is 0 Å². The van der Waals surface area contributed by atoms with Crippen molar-refractivity contribution in [2.45, 2.75) is 24.9 Å². The molecule has 0 aromatic heterocycles. The number of anilines is 1. The van der Waals surface area contributed by atoms with Gasteiger partial charge in [-0.25, -0.2) is 4.79 Å². The van der Waals surface area contributed by atoms with Gasteiger partial charge in [0.05, 0.1) is 6.67 Å². The molecule has 0 atom stereocenters. The molecule has 1 N–H and O–H groups in total. The molecule has 6 nitrogen and oxygen atoms in total. The van der Waals surface area contributed by atoms with Crippen molar-refractivity contribution in [3.05, 3.63) is 66.2 Å². The van der Waals surface area contributed by atoms with Crippen LogP contribution in [0.15, 0.2) is 60.7 Å². The third-order valence-electron chi connectivity index (χ3n) is 5.66. The van der Waals surface area contributed by atoms with Crippen LogP contribution in [0.25, 0.3) is 0 Å². The number of carbonyl (C=O) groups is 2. The van der Waals surface area contributed by atoms with Crippen molar-refractivity contribution in [1.29, 1.82) is 0 Å². The molecule has 6 heteroatoms. The Balaban J connectivity index is 1.64. The maximum absolute atomic E-state index is 13.5. The molecule has 4 rings (SSSR count). The minimum absolute atomic E-state index is 0.0974. The number of amides is 2. The second-order valence-corrected chi connectivity index (χ2v) is 7.19. The topological polar surface area (TPSA) is 64.1 Å². The molecule has 0 bridgehead atoms. The average molecular weight is 365 g/mol. The van der Waals surface area contributed by atoms with E-state index >= 15 is 0 Å². The molecule has 27 heavy (non-hydrogen) atoms. The fourth-order valence-electron chi connectivity index (χ4n) is 4.19. The van der Waals surface area contributed by atoms with Crippen LogP contribution in [0.5, 0.6) is 0 Å². The van der Waals surface area contributed by atoms with E-state index in [0.29, 0.717) is 39.1 Å². The molecule has 2 heterocycles. The first-order valence-corrected chi connectivity index (χ1v) is 9.24. The van der Waals surface area contributed by atoms with Gasteiger partial charge >= 0.3 is 6.09 Å². The molecule has 2 amide bonds. The highest BCUT2D eigenvalue weighted by atomic mass is 16.4. The molecule has 0 radical (unpaired) electrons. The lowest BCUT2D eigenvalue weighted by atomic mass is 9.85. The van der Waals surface area contributed by atoms with Crippen molar-refractivity contribution in [2.75, 3.05) is 24.7 Å². The van der Waals surface area contributed by atoms with Crippen LogP contribution in [0.4, 0.5) is 10.5 Å². The Bertz CT molecular complexity index is 817. The molecule has 1 spiro atoms. The normalized spacial score (nSPS) is 19.0. The predicted molar refractivity (Wildman–Crippen MR) is 102 cm³/mol. The van der Waals surface area contributed by atoms with Crippen molar-refractivity contribution < 1.29 is 14.7 Å². The van der Waals surface area contributed by atoms with Crippen LogP contribution in [-0.4, -0.2) is 52.2 Å². The fourth-order valence-corrected chi connectivity index (χ4v) is 4.19. The molecule has 2 aliphatic rings. The van der Waals surface area contributed by atoms with Crippen LogP contribution < -0.4 is 4.90 Å². The van der Waals surface area contributed by atoms with E-state index in [9.17, 15) is 14.7 Å². The van der Waals surface area contributed by atoms with E-state index in [1.54, 1.807) is 0 Å². The Morgan fingerprint density at radius 3 is 2.15 bits per heavy atom. The van der Waals surface area contributed by atoms with Crippen LogP contribution in [0.1, 0.15) is 18.4 Å². The third-order valence-corrected chi connectivity index (χ3v) is 5.66. The minimum Gasteiger partial charge on any atom is -0.465 e. The molecule has 0 unspecified atom stereocenters. The van der Waals surface area contributed by atoms with Gasteiger partial charge in [0, 0.05) is 25.3 Å². The lowest BCUT2D eigenvalue weighted by molar-refractivity contribution is -0.134. The first kappa shape index (κ1) is 17.4. The van der Waals surface area contributed by atoms with E-state index in [1.165, 1.54) is 4.90 Å². The van der Waals surface area contributed by atoms with Gasteiger partial charge in [0.15, 0.2) is 0 Å². The Labute approximate surface area is 158 Å². The van der Waals surface area contributed by atoms with Gasteiger partial charge in [-0.1, -0.05) is 48.5 Å². The van der Waals surface area contributed by atoms with Gasteiger partial charge in [-0.3, -0.25) is 4.79 Å². The summed E-state index contributed by atoms with van der Waals surface area (Å²) in [6.45, 7) is 1.84. The summed E-state index contributed by atoms with van der Waals surface area (Å²) in [5.74, 6) is 0.0974. The largest absolute Gasteiger partial charge is 0.465 e. The van der Waals surface area contributed by atoms with Gasteiger partial charge in [-0.2, -0.15) is 0 Å². The average Bonchev–Trinajstić information content (AvgIpc) is 2.96. The summed E-state index contributed by atoms with van der Waals surface area (Å²) >= 11 is 0. The molecule has 2 aliphatic heterocycles. The first-order valence-electron chi connectivity index (χ1n) is 9.24. The summed E-state index contributed by atoms with van der Waals surface area (Å²) in [7, 11) is 0. The summed E-state index contributed by atoms with van der Waals surface area (Å²) < 4.78 is 0. The zero-order chi connectivity index (χ0) is 18.9. The monoisotopic (exact) mass is 365 g/mol. The molecule has 2 fully saturated rings. The highest BCUT2D eigenvalue weighted by Gasteiger charge is 2.54. The highest BCUT2D eigenvalue weighted by Crippen LogP contribution is 2.39. The molecular formula is C21H23N3O3. The van der Waals surface area contributed by atoms with Gasteiger partial charge in [0.2, 0.25) is 5.91 Å². The summed E-state index contributed by atoms with van der Waals surface area (Å²) in [6.07, 6.45) is 0.110. The van der Waals surface area contributed by atoms with E-state index in [0.717, 1.165) is 11.3 Å². The van der Waals surface area contributed by atoms with Gasteiger partial charge in [-0.15, -0.1) is 0 Å².